The van der Waals surface area contributed by atoms with Gasteiger partial charge in [0.1, 0.15) is 6.61 Å². The zero-order valence-electron chi connectivity index (χ0n) is 17.4. The van der Waals surface area contributed by atoms with E-state index >= 15 is 0 Å². The quantitative estimate of drug-likeness (QED) is 0.755. The van der Waals surface area contributed by atoms with Gasteiger partial charge in [-0.25, -0.2) is 9.78 Å². The Balaban J connectivity index is 1.06. The number of ether oxygens (including phenoxy) is 2. The van der Waals surface area contributed by atoms with E-state index in [-0.39, 0.29) is 36.1 Å². The zero-order chi connectivity index (χ0) is 22.5. The van der Waals surface area contributed by atoms with Crippen LogP contribution in [0.2, 0.25) is 0 Å². The molecule has 0 bridgehead atoms. The Morgan fingerprint density at radius 1 is 1.28 bits per heavy atom. The summed E-state index contributed by atoms with van der Waals surface area (Å²) < 4.78 is 46.0. The number of rotatable bonds is 3. The number of pyridine rings is 1. The lowest BCUT2D eigenvalue weighted by molar-refractivity contribution is -0.276. The Morgan fingerprint density at radius 3 is 2.75 bits per heavy atom. The summed E-state index contributed by atoms with van der Waals surface area (Å²) in [5.41, 5.74) is 1.04. The van der Waals surface area contributed by atoms with E-state index in [1.54, 1.807) is 11.0 Å². The van der Waals surface area contributed by atoms with Crippen molar-refractivity contribution in [1.82, 2.24) is 20.1 Å². The van der Waals surface area contributed by atoms with Crippen molar-refractivity contribution in [2.24, 2.45) is 11.3 Å². The summed E-state index contributed by atoms with van der Waals surface area (Å²) in [6.07, 6.45) is 0.132. The van der Waals surface area contributed by atoms with Crippen molar-refractivity contribution in [2.45, 2.75) is 44.2 Å². The van der Waals surface area contributed by atoms with E-state index in [4.69, 9.17) is 4.74 Å². The standard InChI is InChI=1S/C21H25F3N4O4/c22-21(23,24)32-18-2-1-13(8-25-18)5-14-6-20(7-14)11-28(12-20)19(30)27-4-3-16-15(9-27)26-17(29)10-31-16/h1-2,8,14-16H,3-7,9-12H2,(H,26,29)/t15-,16+/m0/s1. The molecule has 1 aromatic heterocycles. The highest BCUT2D eigenvalue weighted by Crippen LogP contribution is 2.53. The number of halogens is 3. The predicted octanol–water partition coefficient (Wildman–Crippen LogP) is 1.94. The van der Waals surface area contributed by atoms with Crippen molar-refractivity contribution >= 4 is 11.9 Å². The summed E-state index contributed by atoms with van der Waals surface area (Å²) in [6.45, 7) is 2.65. The third-order valence-electron chi connectivity index (χ3n) is 6.90. The third-order valence-corrected chi connectivity index (χ3v) is 6.90. The van der Waals surface area contributed by atoms with Crippen molar-refractivity contribution < 1.29 is 32.2 Å². The second kappa shape index (κ2) is 7.79. The van der Waals surface area contributed by atoms with Crippen LogP contribution >= 0.6 is 0 Å². The van der Waals surface area contributed by atoms with Crippen LogP contribution in [0.25, 0.3) is 0 Å². The minimum Gasteiger partial charge on any atom is -0.388 e. The monoisotopic (exact) mass is 454 g/mol. The fourth-order valence-electron chi connectivity index (χ4n) is 5.58. The van der Waals surface area contributed by atoms with Gasteiger partial charge in [-0.2, -0.15) is 0 Å². The molecule has 0 aromatic carbocycles. The predicted molar refractivity (Wildman–Crippen MR) is 105 cm³/mol. The number of hydrogen-bond donors (Lipinski definition) is 1. The number of hydrogen-bond acceptors (Lipinski definition) is 5. The number of nitrogens with one attached hydrogen (secondary N) is 1. The van der Waals surface area contributed by atoms with Crippen LogP contribution in [-0.2, 0) is 16.0 Å². The largest absolute Gasteiger partial charge is 0.574 e. The van der Waals surface area contributed by atoms with Crippen LogP contribution in [0.3, 0.4) is 0 Å². The number of alkyl halides is 3. The first kappa shape index (κ1) is 21.3. The molecule has 1 aliphatic carbocycles. The van der Waals surface area contributed by atoms with Crippen LogP contribution in [0.15, 0.2) is 18.3 Å². The van der Waals surface area contributed by atoms with Crippen molar-refractivity contribution in [1.29, 1.82) is 0 Å². The average Bonchev–Trinajstić information content (AvgIpc) is 2.68. The van der Waals surface area contributed by atoms with Gasteiger partial charge in [-0.15, -0.1) is 13.2 Å². The van der Waals surface area contributed by atoms with Gasteiger partial charge < -0.3 is 24.6 Å². The van der Waals surface area contributed by atoms with Crippen LogP contribution in [0.5, 0.6) is 5.88 Å². The molecule has 3 amide bonds. The summed E-state index contributed by atoms with van der Waals surface area (Å²) in [6, 6.07) is 2.73. The van der Waals surface area contributed by atoms with Gasteiger partial charge in [-0.05, 0) is 37.2 Å². The van der Waals surface area contributed by atoms with Gasteiger partial charge in [0.2, 0.25) is 11.8 Å². The van der Waals surface area contributed by atoms with E-state index in [1.165, 1.54) is 12.3 Å². The van der Waals surface area contributed by atoms with Crippen LogP contribution in [0, 0.1) is 11.3 Å². The molecule has 1 saturated carbocycles. The van der Waals surface area contributed by atoms with Gasteiger partial charge in [-0.3, -0.25) is 4.79 Å². The highest BCUT2D eigenvalue weighted by atomic mass is 19.4. The lowest BCUT2D eigenvalue weighted by Gasteiger charge is -2.60. The van der Waals surface area contributed by atoms with Gasteiger partial charge in [-0.1, -0.05) is 6.07 Å². The second-order valence-electron chi connectivity index (χ2n) is 9.43. The van der Waals surface area contributed by atoms with E-state index in [0.29, 0.717) is 19.0 Å². The van der Waals surface area contributed by atoms with Crippen molar-refractivity contribution in [2.75, 3.05) is 32.8 Å². The van der Waals surface area contributed by atoms with Gasteiger partial charge in [0.25, 0.3) is 0 Å². The smallest absolute Gasteiger partial charge is 0.388 e. The number of nitrogens with zero attached hydrogens (tertiary/aromatic N) is 3. The fourth-order valence-corrected chi connectivity index (χ4v) is 5.58. The molecule has 1 spiro atoms. The Hall–Kier alpha value is -2.56. The molecule has 4 heterocycles. The van der Waals surface area contributed by atoms with Crippen LogP contribution in [0.4, 0.5) is 18.0 Å². The van der Waals surface area contributed by atoms with Gasteiger partial charge in [0.05, 0.1) is 12.1 Å². The molecule has 8 nitrogen and oxygen atoms in total. The number of fused-ring (bicyclic) bond motifs is 1. The zero-order valence-corrected chi connectivity index (χ0v) is 17.4. The van der Waals surface area contributed by atoms with E-state index in [2.05, 4.69) is 15.0 Å². The molecule has 32 heavy (non-hydrogen) atoms. The van der Waals surface area contributed by atoms with Crippen LogP contribution < -0.4 is 10.1 Å². The average molecular weight is 454 g/mol. The number of carbonyl (C=O) groups is 2. The topological polar surface area (TPSA) is 84.0 Å². The van der Waals surface area contributed by atoms with E-state index < -0.39 is 12.2 Å². The van der Waals surface area contributed by atoms with E-state index in [9.17, 15) is 22.8 Å². The molecule has 4 aliphatic rings. The number of carbonyl (C=O) groups excluding carboxylic acids is 2. The molecule has 3 saturated heterocycles. The van der Waals surface area contributed by atoms with Crippen molar-refractivity contribution in [3.05, 3.63) is 23.9 Å². The molecular formula is C21H25F3N4O4. The van der Waals surface area contributed by atoms with Crippen LogP contribution in [-0.4, -0.2) is 78.0 Å². The lowest BCUT2D eigenvalue weighted by Crippen LogP contribution is -2.68. The minimum absolute atomic E-state index is 0.0156. The molecular weight excluding hydrogens is 429 g/mol. The Bertz CT molecular complexity index is 880. The molecule has 4 fully saturated rings. The van der Waals surface area contributed by atoms with E-state index in [0.717, 1.165) is 44.3 Å². The Kier molecular flexibility index (Phi) is 5.18. The SMILES string of the molecule is O=C1CO[C@@H]2CCN(C(=O)N3CC4(CC(Cc5ccc(OC(F)(F)F)nc5)C4)C3)C[C@@H]2N1. The molecule has 2 atom stereocenters. The maximum absolute atomic E-state index is 12.9. The van der Waals surface area contributed by atoms with Gasteiger partial charge >= 0.3 is 12.4 Å². The summed E-state index contributed by atoms with van der Waals surface area (Å²) in [5, 5.41) is 2.92. The highest BCUT2D eigenvalue weighted by Gasteiger charge is 2.54. The minimum atomic E-state index is -4.74. The molecule has 5 rings (SSSR count). The maximum atomic E-state index is 12.9. The summed E-state index contributed by atoms with van der Waals surface area (Å²) in [7, 11) is 0. The van der Waals surface area contributed by atoms with Gasteiger partial charge in [0.15, 0.2) is 0 Å². The lowest BCUT2D eigenvalue weighted by atomic mass is 9.56. The highest BCUT2D eigenvalue weighted by molar-refractivity contribution is 5.79. The second-order valence-corrected chi connectivity index (χ2v) is 9.43. The third kappa shape index (κ3) is 4.35. The number of likely N-dealkylation sites (tertiary alicyclic amines) is 2. The summed E-state index contributed by atoms with van der Waals surface area (Å²) in [5.74, 6) is -0.154. The van der Waals surface area contributed by atoms with Crippen molar-refractivity contribution in [3.8, 4) is 5.88 Å². The normalized spacial score (nSPS) is 27.3. The number of urea groups is 1. The van der Waals surface area contributed by atoms with Crippen LogP contribution in [0.1, 0.15) is 24.8 Å². The fraction of sp³-hybridized carbons (Fsp3) is 0.667. The Labute approximate surface area is 183 Å². The molecule has 174 valence electrons. The van der Waals surface area contributed by atoms with Gasteiger partial charge in [0, 0.05) is 43.9 Å². The number of morpholine rings is 1. The molecule has 1 aromatic rings. The maximum Gasteiger partial charge on any atom is 0.574 e. The number of amides is 3. The summed E-state index contributed by atoms with van der Waals surface area (Å²) in [4.78, 5) is 31.8. The Morgan fingerprint density at radius 2 is 2.06 bits per heavy atom. The molecule has 0 radical (unpaired) electrons. The first-order valence-corrected chi connectivity index (χ1v) is 10.8. The molecule has 3 aliphatic heterocycles. The molecule has 11 heteroatoms. The molecule has 1 N–H and O–H groups in total. The first-order chi connectivity index (χ1) is 15.2. The first-order valence-electron chi connectivity index (χ1n) is 10.8. The molecule has 0 unspecified atom stereocenters. The van der Waals surface area contributed by atoms with E-state index in [1.807, 2.05) is 4.90 Å². The number of piperidine rings is 1. The summed E-state index contributed by atoms with van der Waals surface area (Å²) >= 11 is 0. The number of aromatic nitrogens is 1. The van der Waals surface area contributed by atoms with Crippen molar-refractivity contribution in [3.63, 3.8) is 0 Å².